The van der Waals surface area contributed by atoms with Crippen LogP contribution in [0.15, 0.2) is 58.4 Å². The third-order valence-corrected chi connectivity index (χ3v) is 6.03. The summed E-state index contributed by atoms with van der Waals surface area (Å²) in [5.74, 6) is -1.96. The van der Waals surface area contributed by atoms with Gasteiger partial charge in [-0.3, -0.25) is 18.8 Å². The van der Waals surface area contributed by atoms with E-state index in [4.69, 9.17) is 16.1 Å². The summed E-state index contributed by atoms with van der Waals surface area (Å²) >= 11 is 6.56. The van der Waals surface area contributed by atoms with E-state index in [1.807, 2.05) is 38.2 Å². The van der Waals surface area contributed by atoms with Crippen LogP contribution in [-0.4, -0.2) is 35.5 Å². The predicted molar refractivity (Wildman–Crippen MR) is 125 cm³/mol. The molecule has 0 fully saturated rings. The minimum atomic E-state index is -0.764. The number of anilines is 1. The Bertz CT molecular complexity index is 1380. The number of carbonyl (C=O) groups is 1. The number of halogens is 1. The van der Waals surface area contributed by atoms with E-state index >= 15 is 0 Å². The highest BCUT2D eigenvalue weighted by Gasteiger charge is 2.31. The summed E-state index contributed by atoms with van der Waals surface area (Å²) in [7, 11) is 1.50. The van der Waals surface area contributed by atoms with Crippen molar-refractivity contribution < 1.29 is 14.4 Å². The number of aromatic hydroxyl groups is 1. The highest BCUT2D eigenvalue weighted by atomic mass is 35.5. The largest absolute Gasteiger partial charge is 0.501 e. The van der Waals surface area contributed by atoms with Crippen LogP contribution in [0.3, 0.4) is 0 Å². The second-order valence-electron chi connectivity index (χ2n) is 7.82. The molecule has 0 saturated carbocycles. The van der Waals surface area contributed by atoms with Gasteiger partial charge in [0.05, 0.1) is 12.4 Å². The van der Waals surface area contributed by atoms with Gasteiger partial charge in [-0.15, -0.1) is 0 Å². The van der Waals surface area contributed by atoms with Crippen molar-refractivity contribution in [2.45, 2.75) is 32.2 Å². The minimum Gasteiger partial charge on any atom is -0.501 e. The molecule has 2 atom stereocenters. The number of hydrogen-bond acceptors (Lipinski definition) is 7. The molecule has 0 aliphatic carbocycles. The van der Waals surface area contributed by atoms with Crippen molar-refractivity contribution >= 4 is 23.2 Å². The van der Waals surface area contributed by atoms with Crippen molar-refractivity contribution in [1.82, 2.24) is 24.5 Å². The average molecular weight is 483 g/mol. The van der Waals surface area contributed by atoms with Gasteiger partial charge < -0.3 is 14.9 Å². The summed E-state index contributed by atoms with van der Waals surface area (Å²) < 4.78 is 7.74. The van der Waals surface area contributed by atoms with Gasteiger partial charge in [-0.2, -0.15) is 5.10 Å². The molecule has 0 bridgehead atoms. The standard InChI is InChI=1S/C23H23ClN6O4/c1-4-30-11-14(9-25-30)18(16-7-5-6-8-17(16)24)13(2)21-28-19(20(31)23(33)29(21)3)22(32)27-15-10-26-34-12-15/h5-13,18,31H,4H2,1-3H3,(H,27,32)/t13-,18-/m0/s1. The number of aromatic nitrogens is 5. The Morgan fingerprint density at radius 1 is 1.29 bits per heavy atom. The first kappa shape index (κ1) is 23.2. The summed E-state index contributed by atoms with van der Waals surface area (Å²) in [5.41, 5.74) is 0.829. The van der Waals surface area contributed by atoms with Crippen LogP contribution in [0.1, 0.15) is 53.1 Å². The fourth-order valence-electron chi connectivity index (χ4n) is 3.96. The van der Waals surface area contributed by atoms with E-state index in [2.05, 4.69) is 20.6 Å². The van der Waals surface area contributed by atoms with E-state index in [9.17, 15) is 14.7 Å². The van der Waals surface area contributed by atoms with Crippen LogP contribution in [0.2, 0.25) is 5.02 Å². The van der Waals surface area contributed by atoms with Crippen molar-refractivity contribution in [3.05, 3.63) is 87.1 Å². The monoisotopic (exact) mass is 482 g/mol. The molecule has 3 heterocycles. The fourth-order valence-corrected chi connectivity index (χ4v) is 4.21. The van der Waals surface area contributed by atoms with E-state index in [0.717, 1.165) is 11.1 Å². The van der Waals surface area contributed by atoms with Crippen molar-refractivity contribution in [1.29, 1.82) is 0 Å². The molecule has 34 heavy (non-hydrogen) atoms. The molecule has 1 amide bonds. The Labute approximate surface area is 199 Å². The van der Waals surface area contributed by atoms with Crippen LogP contribution >= 0.6 is 11.6 Å². The van der Waals surface area contributed by atoms with Gasteiger partial charge in [0.15, 0.2) is 5.69 Å². The van der Waals surface area contributed by atoms with E-state index in [-0.39, 0.29) is 11.6 Å². The molecule has 11 heteroatoms. The van der Waals surface area contributed by atoms with Crippen LogP contribution in [0, 0.1) is 0 Å². The lowest BCUT2D eigenvalue weighted by atomic mass is 9.82. The fraction of sp³-hybridized carbons (Fsp3) is 0.261. The zero-order valence-corrected chi connectivity index (χ0v) is 19.5. The molecule has 0 unspecified atom stereocenters. The summed E-state index contributed by atoms with van der Waals surface area (Å²) in [6, 6.07) is 7.42. The summed E-state index contributed by atoms with van der Waals surface area (Å²) in [4.78, 5) is 30.1. The molecule has 0 saturated heterocycles. The second-order valence-corrected chi connectivity index (χ2v) is 8.22. The van der Waals surface area contributed by atoms with Gasteiger partial charge >= 0.3 is 0 Å². The lowest BCUT2D eigenvalue weighted by Crippen LogP contribution is -2.29. The van der Waals surface area contributed by atoms with Crippen LogP contribution in [0.5, 0.6) is 5.75 Å². The third-order valence-electron chi connectivity index (χ3n) is 5.69. The smallest absolute Gasteiger partial charge is 0.296 e. The van der Waals surface area contributed by atoms with Gasteiger partial charge in [-0.1, -0.05) is 41.9 Å². The molecule has 1 aromatic carbocycles. The maximum atomic E-state index is 12.9. The van der Waals surface area contributed by atoms with Gasteiger partial charge in [0.1, 0.15) is 17.8 Å². The Morgan fingerprint density at radius 3 is 2.71 bits per heavy atom. The summed E-state index contributed by atoms with van der Waals surface area (Å²) in [5, 5.41) is 21.4. The number of aryl methyl sites for hydroxylation is 1. The highest BCUT2D eigenvalue weighted by molar-refractivity contribution is 6.31. The molecule has 3 aromatic heterocycles. The zero-order chi connectivity index (χ0) is 24.4. The highest BCUT2D eigenvalue weighted by Crippen LogP contribution is 2.40. The van der Waals surface area contributed by atoms with E-state index in [1.165, 1.54) is 24.1 Å². The zero-order valence-electron chi connectivity index (χ0n) is 18.8. The van der Waals surface area contributed by atoms with Gasteiger partial charge in [-0.25, -0.2) is 4.98 Å². The van der Waals surface area contributed by atoms with Crippen molar-refractivity contribution in [2.75, 3.05) is 5.32 Å². The molecule has 0 spiro atoms. The number of amides is 1. The van der Waals surface area contributed by atoms with Gasteiger partial charge in [0, 0.05) is 36.6 Å². The SMILES string of the molecule is CCn1cc([C@@H](c2ccccc2Cl)[C@H](C)c2nc(C(=O)Nc3cnoc3)c(O)c(=O)n2C)cn1. The molecule has 0 aliphatic rings. The number of nitrogens with zero attached hydrogens (tertiary/aromatic N) is 5. The van der Waals surface area contributed by atoms with Crippen molar-refractivity contribution in [3.63, 3.8) is 0 Å². The maximum absolute atomic E-state index is 12.9. The van der Waals surface area contributed by atoms with E-state index in [0.29, 0.717) is 17.4 Å². The predicted octanol–water partition coefficient (Wildman–Crippen LogP) is 3.53. The lowest BCUT2D eigenvalue weighted by Gasteiger charge is -2.26. The topological polar surface area (TPSA) is 128 Å². The molecule has 10 nitrogen and oxygen atoms in total. The number of rotatable bonds is 7. The van der Waals surface area contributed by atoms with Crippen LogP contribution in [-0.2, 0) is 13.6 Å². The average Bonchev–Trinajstić information content (AvgIpc) is 3.51. The molecule has 4 rings (SSSR count). The van der Waals surface area contributed by atoms with Gasteiger partial charge in [0.2, 0.25) is 5.75 Å². The van der Waals surface area contributed by atoms with E-state index < -0.39 is 28.8 Å². The Hall–Kier alpha value is -3.92. The quantitative estimate of drug-likeness (QED) is 0.412. The number of carbonyl (C=O) groups excluding carboxylic acids is 1. The van der Waals surface area contributed by atoms with Crippen LogP contribution in [0.4, 0.5) is 5.69 Å². The Balaban J connectivity index is 1.83. The first-order valence-corrected chi connectivity index (χ1v) is 11.0. The summed E-state index contributed by atoms with van der Waals surface area (Å²) in [6.07, 6.45) is 6.19. The first-order valence-electron chi connectivity index (χ1n) is 10.6. The maximum Gasteiger partial charge on any atom is 0.296 e. The molecule has 2 N–H and O–H groups in total. The molecule has 0 aliphatic heterocycles. The van der Waals surface area contributed by atoms with Crippen molar-refractivity contribution in [2.24, 2.45) is 7.05 Å². The number of benzene rings is 1. The number of nitrogens with one attached hydrogen (secondary N) is 1. The number of hydrogen-bond donors (Lipinski definition) is 2. The third kappa shape index (κ3) is 4.32. The van der Waals surface area contributed by atoms with Gasteiger partial charge in [0.25, 0.3) is 11.5 Å². The first-order chi connectivity index (χ1) is 16.3. The normalized spacial score (nSPS) is 12.9. The Kier molecular flexibility index (Phi) is 6.51. The second kappa shape index (κ2) is 9.52. The molecular formula is C23H23ClN6O4. The molecule has 176 valence electrons. The molecule has 4 aromatic rings. The van der Waals surface area contributed by atoms with Crippen molar-refractivity contribution in [3.8, 4) is 5.75 Å². The Morgan fingerprint density at radius 2 is 2.06 bits per heavy atom. The van der Waals surface area contributed by atoms with Crippen LogP contribution < -0.4 is 10.9 Å². The van der Waals surface area contributed by atoms with Gasteiger partial charge in [-0.05, 0) is 24.1 Å². The van der Waals surface area contributed by atoms with Crippen LogP contribution in [0.25, 0.3) is 0 Å². The molecule has 0 radical (unpaired) electrons. The van der Waals surface area contributed by atoms with E-state index in [1.54, 1.807) is 16.9 Å². The summed E-state index contributed by atoms with van der Waals surface area (Å²) in [6.45, 7) is 4.56. The minimum absolute atomic E-state index is 0.266. The molecular weight excluding hydrogens is 460 g/mol. The lowest BCUT2D eigenvalue weighted by molar-refractivity contribution is 0.101.